The van der Waals surface area contributed by atoms with Gasteiger partial charge in [-0.25, -0.2) is 4.98 Å². The Kier molecular flexibility index (Phi) is 5.41. The van der Waals surface area contributed by atoms with E-state index in [2.05, 4.69) is 9.72 Å². The first-order chi connectivity index (χ1) is 15.5. The molecule has 0 saturated heterocycles. The molecule has 3 aromatic carbocycles. The number of non-ortho nitro benzene ring substituents is 1. The molecular formula is C20H11F3N2O7S. The van der Waals surface area contributed by atoms with Crippen LogP contribution in [0.1, 0.15) is 0 Å². The van der Waals surface area contributed by atoms with Gasteiger partial charge in [-0.15, -0.1) is 13.2 Å². The molecule has 1 heterocycles. The van der Waals surface area contributed by atoms with Crippen LogP contribution in [0.4, 0.5) is 18.9 Å². The highest BCUT2D eigenvalue weighted by molar-refractivity contribution is 7.87. The topological polar surface area (TPSA) is 122 Å². The van der Waals surface area contributed by atoms with Gasteiger partial charge in [0.1, 0.15) is 10.4 Å². The lowest BCUT2D eigenvalue weighted by atomic mass is 10.2. The average Bonchev–Trinajstić information content (AvgIpc) is 3.17. The van der Waals surface area contributed by atoms with Crippen molar-refractivity contribution < 1.29 is 39.8 Å². The molecule has 0 spiro atoms. The summed E-state index contributed by atoms with van der Waals surface area (Å²) >= 11 is 0. The number of oxazole rings is 1. The number of nitrogens with zero attached hydrogens (tertiary/aromatic N) is 2. The normalized spacial score (nSPS) is 12.0. The molecule has 9 nitrogen and oxygen atoms in total. The Balaban J connectivity index is 1.81. The van der Waals surface area contributed by atoms with E-state index < -0.39 is 43.5 Å². The summed E-state index contributed by atoms with van der Waals surface area (Å²) in [4.78, 5) is 13.8. The van der Waals surface area contributed by atoms with Crippen molar-refractivity contribution in [1.82, 2.24) is 4.98 Å². The summed E-state index contributed by atoms with van der Waals surface area (Å²) in [5.74, 6) is -1.64. The number of ether oxygens (including phenoxy) is 1. The van der Waals surface area contributed by atoms with Crippen LogP contribution in [0.15, 0.2) is 76.0 Å². The molecule has 0 radical (unpaired) electrons. The van der Waals surface area contributed by atoms with E-state index in [0.717, 1.165) is 36.4 Å². The lowest BCUT2D eigenvalue weighted by molar-refractivity contribution is -0.384. The molecule has 0 N–H and O–H groups in total. The quantitative estimate of drug-likeness (QED) is 0.213. The van der Waals surface area contributed by atoms with Crippen LogP contribution in [0.2, 0.25) is 0 Å². The summed E-state index contributed by atoms with van der Waals surface area (Å²) in [5, 5.41) is 11.2. The molecule has 0 aliphatic heterocycles. The van der Waals surface area contributed by atoms with Crippen LogP contribution in [0.5, 0.6) is 11.5 Å². The van der Waals surface area contributed by atoms with Gasteiger partial charge >= 0.3 is 16.5 Å². The fraction of sp³-hybridized carbons (Fsp3) is 0.0500. The number of nitro benzene ring substituents is 1. The molecule has 4 rings (SSSR count). The lowest BCUT2D eigenvalue weighted by Gasteiger charge is -2.14. The first-order valence-corrected chi connectivity index (χ1v) is 10.4. The maximum atomic E-state index is 12.8. The standard InChI is InChI=1S/C20H11F3N2O7S/c21-20(22,23)31-17-7-3-4-8-18(17)33(28,29)32-15-10-9-12(25(26)27)11-13(15)19-24-14-5-1-2-6-16(14)30-19/h1-11H. The lowest BCUT2D eigenvalue weighted by Crippen LogP contribution is -2.20. The van der Waals surface area contributed by atoms with Crippen molar-refractivity contribution >= 4 is 26.9 Å². The number of halogens is 3. The molecule has 13 heteroatoms. The molecule has 0 aliphatic rings. The first-order valence-electron chi connectivity index (χ1n) is 8.97. The monoisotopic (exact) mass is 480 g/mol. The van der Waals surface area contributed by atoms with Gasteiger partial charge in [-0.3, -0.25) is 10.1 Å². The smallest absolute Gasteiger partial charge is 0.436 e. The highest BCUT2D eigenvalue weighted by atomic mass is 32.2. The third kappa shape index (κ3) is 4.72. The van der Waals surface area contributed by atoms with Crippen LogP contribution >= 0.6 is 0 Å². The Morgan fingerprint density at radius 3 is 2.36 bits per heavy atom. The first kappa shape index (κ1) is 22.1. The van der Waals surface area contributed by atoms with Crippen LogP contribution in [0.25, 0.3) is 22.6 Å². The SMILES string of the molecule is O=[N+]([O-])c1ccc(OS(=O)(=O)c2ccccc2OC(F)(F)F)c(-c2nc3ccccc3o2)c1. The van der Waals surface area contributed by atoms with Gasteiger partial charge in [-0.2, -0.15) is 8.42 Å². The Morgan fingerprint density at radius 2 is 1.67 bits per heavy atom. The van der Waals surface area contributed by atoms with Gasteiger partial charge in [-0.05, 0) is 30.3 Å². The summed E-state index contributed by atoms with van der Waals surface area (Å²) in [6.07, 6.45) is -5.15. The van der Waals surface area contributed by atoms with Gasteiger partial charge in [0.25, 0.3) is 5.69 Å². The highest BCUT2D eigenvalue weighted by Gasteiger charge is 2.35. The number of rotatable bonds is 6. The summed E-state index contributed by atoms with van der Waals surface area (Å²) in [6, 6.07) is 13.4. The zero-order valence-electron chi connectivity index (χ0n) is 16.1. The van der Waals surface area contributed by atoms with Crippen molar-refractivity contribution in [2.45, 2.75) is 11.3 Å². The van der Waals surface area contributed by atoms with Crippen LogP contribution in [-0.2, 0) is 10.1 Å². The number of fused-ring (bicyclic) bond motifs is 1. The number of nitro groups is 1. The summed E-state index contributed by atoms with van der Waals surface area (Å²) in [5.41, 5.74) is 0.0875. The van der Waals surface area contributed by atoms with Crippen molar-refractivity contribution in [2.75, 3.05) is 0 Å². The molecule has 1 aromatic heterocycles. The van der Waals surface area contributed by atoms with Crippen LogP contribution in [-0.4, -0.2) is 24.7 Å². The van der Waals surface area contributed by atoms with Crippen molar-refractivity contribution in [3.8, 4) is 23.0 Å². The number of benzene rings is 3. The van der Waals surface area contributed by atoms with E-state index in [-0.39, 0.29) is 11.5 Å². The van der Waals surface area contributed by atoms with Gasteiger partial charge in [0.2, 0.25) is 5.89 Å². The van der Waals surface area contributed by atoms with E-state index in [4.69, 9.17) is 8.60 Å². The third-order valence-corrected chi connectivity index (χ3v) is 5.52. The molecule has 0 atom stereocenters. The summed E-state index contributed by atoms with van der Waals surface area (Å²) in [7, 11) is -4.87. The van der Waals surface area contributed by atoms with Crippen molar-refractivity contribution in [3.05, 3.63) is 76.8 Å². The zero-order valence-corrected chi connectivity index (χ0v) is 17.0. The van der Waals surface area contributed by atoms with Crippen LogP contribution in [0.3, 0.4) is 0 Å². The van der Waals surface area contributed by atoms with Gasteiger partial charge in [0, 0.05) is 12.1 Å². The van der Waals surface area contributed by atoms with Gasteiger partial charge in [0.15, 0.2) is 17.1 Å². The minimum atomic E-state index is -5.15. The molecule has 0 aliphatic carbocycles. The second kappa shape index (κ2) is 8.09. The second-order valence-corrected chi connectivity index (χ2v) is 7.97. The molecule has 0 bridgehead atoms. The summed E-state index contributed by atoms with van der Waals surface area (Å²) in [6.45, 7) is 0. The predicted molar refractivity (Wildman–Crippen MR) is 107 cm³/mol. The van der Waals surface area contributed by atoms with E-state index in [0.29, 0.717) is 11.1 Å². The largest absolute Gasteiger partial charge is 0.573 e. The zero-order chi connectivity index (χ0) is 23.8. The minimum absolute atomic E-state index is 0.190. The van der Waals surface area contributed by atoms with Crippen molar-refractivity contribution in [1.29, 1.82) is 0 Å². The predicted octanol–water partition coefficient (Wildman–Crippen LogP) is 5.07. The third-order valence-electron chi connectivity index (χ3n) is 4.24. The molecule has 170 valence electrons. The van der Waals surface area contributed by atoms with E-state index in [1.807, 2.05) is 0 Å². The molecule has 0 fully saturated rings. The Bertz CT molecular complexity index is 1430. The molecule has 4 aromatic rings. The van der Waals surface area contributed by atoms with Gasteiger partial charge in [-0.1, -0.05) is 24.3 Å². The van der Waals surface area contributed by atoms with Crippen LogP contribution in [0, 0.1) is 10.1 Å². The maximum Gasteiger partial charge on any atom is 0.573 e. The average molecular weight is 480 g/mol. The fourth-order valence-electron chi connectivity index (χ4n) is 2.89. The Hall–Kier alpha value is -4.13. The number of hydrogen-bond acceptors (Lipinski definition) is 8. The van der Waals surface area contributed by atoms with E-state index in [1.165, 1.54) is 6.07 Å². The van der Waals surface area contributed by atoms with Crippen molar-refractivity contribution in [3.63, 3.8) is 0 Å². The number of hydrogen-bond donors (Lipinski definition) is 0. The maximum absolute atomic E-state index is 12.8. The van der Waals surface area contributed by atoms with E-state index in [1.54, 1.807) is 24.3 Å². The van der Waals surface area contributed by atoms with Gasteiger partial charge < -0.3 is 13.3 Å². The molecule has 0 saturated carbocycles. The Morgan fingerprint density at radius 1 is 0.970 bits per heavy atom. The number of alkyl halides is 3. The van der Waals surface area contributed by atoms with E-state index in [9.17, 15) is 31.7 Å². The number of para-hydroxylation sites is 3. The van der Waals surface area contributed by atoms with Crippen LogP contribution < -0.4 is 8.92 Å². The summed E-state index contributed by atoms with van der Waals surface area (Å²) < 4.78 is 78.2. The molecule has 0 amide bonds. The fourth-order valence-corrected chi connectivity index (χ4v) is 3.96. The molecule has 0 unspecified atom stereocenters. The molecular weight excluding hydrogens is 469 g/mol. The number of aromatic nitrogens is 1. The van der Waals surface area contributed by atoms with Gasteiger partial charge in [0.05, 0.1) is 10.5 Å². The highest BCUT2D eigenvalue weighted by Crippen LogP contribution is 2.38. The minimum Gasteiger partial charge on any atom is -0.436 e. The van der Waals surface area contributed by atoms with Crippen molar-refractivity contribution in [2.24, 2.45) is 0 Å². The van der Waals surface area contributed by atoms with E-state index >= 15 is 0 Å². The second-order valence-electron chi connectivity index (χ2n) is 6.46. The Labute approximate surface area is 183 Å². The molecule has 33 heavy (non-hydrogen) atoms.